The number of urea groups is 1. The Morgan fingerprint density at radius 1 is 1.07 bits per heavy atom. The number of rotatable bonds is 7. The molecule has 2 fully saturated rings. The van der Waals surface area contributed by atoms with E-state index in [2.05, 4.69) is 15.6 Å². The monoisotopic (exact) mass is 581 g/mol. The number of amides is 3. The van der Waals surface area contributed by atoms with E-state index >= 15 is 0 Å². The molecule has 2 aliphatic heterocycles. The van der Waals surface area contributed by atoms with Gasteiger partial charge in [-0.05, 0) is 49.2 Å². The minimum absolute atomic E-state index is 0.00359. The molecule has 5 rings (SSSR count). The van der Waals surface area contributed by atoms with Crippen LogP contribution in [0.25, 0.3) is 10.9 Å². The maximum atomic E-state index is 14.0. The molecule has 2 aliphatic rings. The van der Waals surface area contributed by atoms with Gasteiger partial charge in [-0.15, -0.1) is 0 Å². The van der Waals surface area contributed by atoms with Gasteiger partial charge in [0.1, 0.15) is 10.9 Å². The third-order valence-corrected chi connectivity index (χ3v) is 9.13. The van der Waals surface area contributed by atoms with Crippen molar-refractivity contribution in [3.63, 3.8) is 0 Å². The van der Waals surface area contributed by atoms with Crippen molar-refractivity contribution in [1.82, 2.24) is 19.5 Å². The third kappa shape index (κ3) is 6.16. The molecule has 3 amide bonds. The maximum Gasteiger partial charge on any atom is 0.337 e. The fourth-order valence-corrected chi connectivity index (χ4v) is 6.75. The molecule has 2 aromatic carbocycles. The molecule has 0 saturated carbocycles. The lowest BCUT2D eigenvalue weighted by molar-refractivity contribution is -0.126. The van der Waals surface area contributed by atoms with Gasteiger partial charge in [-0.3, -0.25) is 9.78 Å². The summed E-state index contributed by atoms with van der Waals surface area (Å²) in [5, 5.41) is 6.23. The SMILES string of the molecule is COC(=O)c1ccc(NC(=O)N2CCN(S(=O)(=O)c3cccc4cccnc34)C(C(=O)NCC3CCCO3)C2)cc1. The predicted octanol–water partition coefficient (Wildman–Crippen LogP) is 2.22. The molecule has 2 N–H and O–H groups in total. The Morgan fingerprint density at radius 2 is 1.85 bits per heavy atom. The predicted molar refractivity (Wildman–Crippen MR) is 150 cm³/mol. The van der Waals surface area contributed by atoms with E-state index < -0.39 is 34.0 Å². The van der Waals surface area contributed by atoms with Crippen LogP contribution in [-0.4, -0.2) is 92.6 Å². The number of anilines is 1. The van der Waals surface area contributed by atoms with Gasteiger partial charge in [-0.1, -0.05) is 18.2 Å². The van der Waals surface area contributed by atoms with Crippen molar-refractivity contribution in [3.8, 4) is 0 Å². The Hall–Kier alpha value is -4.07. The second-order valence-electron chi connectivity index (χ2n) is 9.79. The Kier molecular flexibility index (Phi) is 8.47. The topological polar surface area (TPSA) is 147 Å². The van der Waals surface area contributed by atoms with E-state index in [9.17, 15) is 22.8 Å². The van der Waals surface area contributed by atoms with Crippen LogP contribution in [0, 0.1) is 0 Å². The highest BCUT2D eigenvalue weighted by atomic mass is 32.2. The van der Waals surface area contributed by atoms with Gasteiger partial charge in [0, 0.05) is 50.1 Å². The van der Waals surface area contributed by atoms with Gasteiger partial charge in [0.05, 0.1) is 24.3 Å². The van der Waals surface area contributed by atoms with Gasteiger partial charge in [0.15, 0.2) is 0 Å². The van der Waals surface area contributed by atoms with E-state index in [1.165, 1.54) is 36.4 Å². The van der Waals surface area contributed by atoms with Crippen LogP contribution in [0.1, 0.15) is 23.2 Å². The number of benzene rings is 2. The smallest absolute Gasteiger partial charge is 0.337 e. The number of ether oxygens (including phenoxy) is 2. The zero-order valence-electron chi connectivity index (χ0n) is 22.5. The van der Waals surface area contributed by atoms with E-state index in [1.54, 1.807) is 36.4 Å². The largest absolute Gasteiger partial charge is 0.465 e. The van der Waals surface area contributed by atoms with Gasteiger partial charge in [-0.25, -0.2) is 18.0 Å². The van der Waals surface area contributed by atoms with Crippen LogP contribution >= 0.6 is 0 Å². The van der Waals surface area contributed by atoms with Crippen molar-refractivity contribution in [2.24, 2.45) is 0 Å². The lowest BCUT2D eigenvalue weighted by Gasteiger charge is -2.39. The molecule has 2 unspecified atom stereocenters. The first-order valence-electron chi connectivity index (χ1n) is 13.3. The minimum atomic E-state index is -4.17. The number of nitrogens with one attached hydrogen (secondary N) is 2. The number of hydrogen-bond donors (Lipinski definition) is 2. The van der Waals surface area contributed by atoms with Crippen molar-refractivity contribution in [3.05, 3.63) is 66.4 Å². The first-order chi connectivity index (χ1) is 19.8. The molecule has 12 nitrogen and oxygen atoms in total. The number of hydrogen-bond acceptors (Lipinski definition) is 8. The van der Waals surface area contributed by atoms with Crippen LogP contribution in [0.5, 0.6) is 0 Å². The summed E-state index contributed by atoms with van der Waals surface area (Å²) in [6.07, 6.45) is 3.08. The number of para-hydroxylation sites is 1. The summed E-state index contributed by atoms with van der Waals surface area (Å²) in [6, 6.07) is 12.9. The first kappa shape index (κ1) is 28.5. The molecule has 216 valence electrons. The first-order valence-corrected chi connectivity index (χ1v) is 14.7. The van der Waals surface area contributed by atoms with E-state index in [1.807, 2.05) is 0 Å². The van der Waals surface area contributed by atoms with Gasteiger partial charge in [0.2, 0.25) is 15.9 Å². The summed E-state index contributed by atoms with van der Waals surface area (Å²) in [5.74, 6) is -1.02. The van der Waals surface area contributed by atoms with Crippen molar-refractivity contribution in [2.75, 3.05) is 45.2 Å². The van der Waals surface area contributed by atoms with Gasteiger partial charge in [0.25, 0.3) is 0 Å². The van der Waals surface area contributed by atoms with Crippen LogP contribution in [0.15, 0.2) is 65.7 Å². The molecule has 1 aromatic heterocycles. The minimum Gasteiger partial charge on any atom is -0.465 e. The number of carbonyl (C=O) groups is 3. The fraction of sp³-hybridized carbons (Fsp3) is 0.357. The highest BCUT2D eigenvalue weighted by Gasteiger charge is 2.42. The summed E-state index contributed by atoms with van der Waals surface area (Å²) in [5.41, 5.74) is 1.07. The number of nitrogens with zero attached hydrogens (tertiary/aromatic N) is 3. The highest BCUT2D eigenvalue weighted by Crippen LogP contribution is 2.27. The van der Waals surface area contributed by atoms with Gasteiger partial charge >= 0.3 is 12.0 Å². The zero-order chi connectivity index (χ0) is 29.0. The van der Waals surface area contributed by atoms with Crippen LogP contribution in [0.4, 0.5) is 10.5 Å². The normalized spacial score (nSPS) is 19.6. The molecule has 0 radical (unpaired) electrons. The van der Waals surface area contributed by atoms with E-state index in [0.29, 0.717) is 28.8 Å². The molecule has 3 heterocycles. The van der Waals surface area contributed by atoms with Crippen molar-refractivity contribution >= 4 is 44.5 Å². The lowest BCUT2D eigenvalue weighted by atomic mass is 10.2. The molecule has 41 heavy (non-hydrogen) atoms. The zero-order valence-corrected chi connectivity index (χ0v) is 23.3. The molecule has 3 aromatic rings. The van der Waals surface area contributed by atoms with E-state index in [4.69, 9.17) is 9.47 Å². The van der Waals surface area contributed by atoms with Gasteiger partial charge in [-0.2, -0.15) is 4.31 Å². The molecule has 0 bridgehead atoms. The highest BCUT2D eigenvalue weighted by molar-refractivity contribution is 7.89. The fourth-order valence-electron chi connectivity index (χ4n) is 5.01. The average Bonchev–Trinajstić information content (AvgIpc) is 3.53. The maximum absolute atomic E-state index is 14.0. The van der Waals surface area contributed by atoms with Crippen molar-refractivity contribution < 1.29 is 32.3 Å². The third-order valence-electron chi connectivity index (χ3n) is 7.19. The van der Waals surface area contributed by atoms with Crippen molar-refractivity contribution in [2.45, 2.75) is 29.9 Å². The molecular formula is C28H31N5O7S. The number of carbonyl (C=O) groups excluding carboxylic acids is 3. The summed E-state index contributed by atoms with van der Waals surface area (Å²) in [4.78, 5) is 44.0. The van der Waals surface area contributed by atoms with E-state index in [-0.39, 0.29) is 37.2 Å². The second-order valence-corrected chi connectivity index (χ2v) is 11.6. The number of fused-ring (bicyclic) bond motifs is 1. The molecule has 0 aliphatic carbocycles. The number of aromatic nitrogens is 1. The molecule has 13 heteroatoms. The number of sulfonamides is 1. The Labute approximate surface area is 237 Å². The van der Waals surface area contributed by atoms with Crippen molar-refractivity contribution in [1.29, 1.82) is 0 Å². The second kappa shape index (κ2) is 12.2. The molecule has 0 spiro atoms. The molecule has 2 saturated heterocycles. The Bertz CT molecular complexity index is 1540. The number of piperazine rings is 1. The summed E-state index contributed by atoms with van der Waals surface area (Å²) >= 11 is 0. The van der Waals surface area contributed by atoms with Crippen LogP contribution in [-0.2, 0) is 24.3 Å². The number of esters is 1. The molecular weight excluding hydrogens is 550 g/mol. The van der Waals surface area contributed by atoms with Crippen LogP contribution in [0.2, 0.25) is 0 Å². The number of methoxy groups -OCH3 is 1. The number of pyridine rings is 1. The van der Waals surface area contributed by atoms with Crippen LogP contribution in [0.3, 0.4) is 0 Å². The summed E-state index contributed by atoms with van der Waals surface area (Å²) < 4.78 is 39.4. The summed E-state index contributed by atoms with van der Waals surface area (Å²) in [7, 11) is -2.89. The average molecular weight is 582 g/mol. The quantitative estimate of drug-likeness (QED) is 0.404. The van der Waals surface area contributed by atoms with Crippen LogP contribution < -0.4 is 10.6 Å². The summed E-state index contributed by atoms with van der Waals surface area (Å²) in [6.45, 7) is 0.656. The lowest BCUT2D eigenvalue weighted by Crippen LogP contribution is -2.62. The molecule has 2 atom stereocenters. The van der Waals surface area contributed by atoms with E-state index in [0.717, 1.165) is 17.1 Å². The Balaban J connectivity index is 1.37. The standard InChI is InChI=1S/C28H31N5O7S/c1-39-27(35)20-9-11-21(12-10-20)31-28(36)32-14-15-33(23(18-32)26(34)30-17-22-7-4-16-40-22)41(37,38)24-8-2-5-19-6-3-13-29-25(19)24/h2-3,5-6,8-13,22-23H,4,7,14-18H2,1H3,(H,30,34)(H,31,36). The Morgan fingerprint density at radius 3 is 2.59 bits per heavy atom. The van der Waals surface area contributed by atoms with Gasteiger partial charge < -0.3 is 25.0 Å².